The van der Waals surface area contributed by atoms with Crippen LogP contribution in [0.15, 0.2) is 146 Å². The summed E-state index contributed by atoms with van der Waals surface area (Å²) in [5.74, 6) is 0.676. The van der Waals surface area contributed by atoms with Crippen molar-refractivity contribution in [2.45, 2.75) is 0 Å². The molecule has 0 amide bonds. The van der Waals surface area contributed by atoms with Gasteiger partial charge < -0.3 is 4.90 Å². The standard InChI is InChI=1S/C34H24N4/c1-3-12-27(13-4-1)37(28-14-5-2-6-15-28)29-16-9-11-25(23-29)26-19-20-33-31(24-26)30-17-7-8-18-32(30)38(33)34-35-21-10-22-36-34/h1-24H. The van der Waals surface area contributed by atoms with E-state index in [9.17, 15) is 0 Å². The number of benzene rings is 5. The molecule has 0 radical (unpaired) electrons. The Morgan fingerprint density at radius 2 is 1.05 bits per heavy atom. The van der Waals surface area contributed by atoms with E-state index in [1.807, 2.05) is 6.07 Å². The van der Waals surface area contributed by atoms with E-state index in [2.05, 4.69) is 147 Å². The molecule has 7 rings (SSSR count). The lowest BCUT2D eigenvalue weighted by atomic mass is 10.0. The van der Waals surface area contributed by atoms with Crippen LogP contribution in [0, 0.1) is 0 Å². The van der Waals surface area contributed by atoms with Gasteiger partial charge in [-0.05, 0) is 71.8 Å². The average molecular weight is 489 g/mol. The molecule has 0 aliphatic heterocycles. The molecule has 5 aromatic carbocycles. The van der Waals surface area contributed by atoms with Gasteiger partial charge in [0.1, 0.15) is 0 Å². The summed E-state index contributed by atoms with van der Waals surface area (Å²) in [6.45, 7) is 0. The van der Waals surface area contributed by atoms with Crippen molar-refractivity contribution in [3.63, 3.8) is 0 Å². The second-order valence-corrected chi connectivity index (χ2v) is 9.19. The van der Waals surface area contributed by atoms with Crippen molar-refractivity contribution < 1.29 is 0 Å². The summed E-state index contributed by atoms with van der Waals surface area (Å²) < 4.78 is 2.14. The Balaban J connectivity index is 1.38. The lowest BCUT2D eigenvalue weighted by Crippen LogP contribution is -2.09. The molecule has 0 aliphatic carbocycles. The van der Waals surface area contributed by atoms with E-state index >= 15 is 0 Å². The van der Waals surface area contributed by atoms with Gasteiger partial charge in [0.25, 0.3) is 0 Å². The van der Waals surface area contributed by atoms with Crippen molar-refractivity contribution in [1.82, 2.24) is 14.5 Å². The van der Waals surface area contributed by atoms with Crippen LogP contribution in [0.3, 0.4) is 0 Å². The third-order valence-corrected chi connectivity index (χ3v) is 6.89. The number of aromatic nitrogens is 3. The molecule has 0 bridgehead atoms. The van der Waals surface area contributed by atoms with Gasteiger partial charge in [0.05, 0.1) is 11.0 Å². The Morgan fingerprint density at radius 3 is 1.79 bits per heavy atom. The minimum absolute atomic E-state index is 0.676. The fraction of sp³-hybridized carbons (Fsp3) is 0. The van der Waals surface area contributed by atoms with Crippen LogP contribution in [0.25, 0.3) is 38.9 Å². The fourth-order valence-electron chi connectivity index (χ4n) is 5.20. The lowest BCUT2D eigenvalue weighted by molar-refractivity contribution is 0.988. The third kappa shape index (κ3) is 3.80. The first kappa shape index (κ1) is 22.0. The predicted molar refractivity (Wildman–Crippen MR) is 156 cm³/mol. The molecule has 2 heterocycles. The van der Waals surface area contributed by atoms with Crippen LogP contribution in [-0.2, 0) is 0 Å². The predicted octanol–water partition coefficient (Wildman–Crippen LogP) is 8.71. The van der Waals surface area contributed by atoms with Crippen LogP contribution in [0.4, 0.5) is 17.1 Å². The Hall–Kier alpha value is -5.22. The molecule has 0 atom stereocenters. The zero-order chi connectivity index (χ0) is 25.3. The number of rotatable bonds is 5. The van der Waals surface area contributed by atoms with Gasteiger partial charge in [-0.3, -0.25) is 4.57 Å². The number of para-hydroxylation sites is 3. The number of fused-ring (bicyclic) bond motifs is 3. The summed E-state index contributed by atoms with van der Waals surface area (Å²) in [4.78, 5) is 11.4. The van der Waals surface area contributed by atoms with Crippen LogP contribution in [0.5, 0.6) is 0 Å². The second-order valence-electron chi connectivity index (χ2n) is 9.19. The van der Waals surface area contributed by atoms with E-state index in [1.54, 1.807) is 12.4 Å². The number of hydrogen-bond donors (Lipinski definition) is 0. The first-order valence-electron chi connectivity index (χ1n) is 12.7. The molecule has 0 aliphatic rings. The normalized spacial score (nSPS) is 11.2. The minimum atomic E-state index is 0.676. The molecule has 0 N–H and O–H groups in total. The quantitative estimate of drug-likeness (QED) is 0.243. The Bertz CT molecular complexity index is 1820. The highest BCUT2D eigenvalue weighted by molar-refractivity contribution is 6.10. The van der Waals surface area contributed by atoms with Crippen molar-refractivity contribution in [1.29, 1.82) is 0 Å². The molecule has 4 nitrogen and oxygen atoms in total. The summed E-state index contributed by atoms with van der Waals surface area (Å²) in [6.07, 6.45) is 3.57. The van der Waals surface area contributed by atoms with Gasteiger partial charge >= 0.3 is 0 Å². The molecule has 180 valence electrons. The van der Waals surface area contributed by atoms with Crippen LogP contribution in [0.2, 0.25) is 0 Å². The molecule has 7 aromatic rings. The van der Waals surface area contributed by atoms with Gasteiger partial charge in [0, 0.05) is 40.2 Å². The zero-order valence-corrected chi connectivity index (χ0v) is 20.6. The van der Waals surface area contributed by atoms with Gasteiger partial charge in [-0.25, -0.2) is 9.97 Å². The summed E-state index contributed by atoms with van der Waals surface area (Å²) >= 11 is 0. The van der Waals surface area contributed by atoms with Gasteiger partial charge in [-0.15, -0.1) is 0 Å². The summed E-state index contributed by atoms with van der Waals surface area (Å²) in [6, 6.07) is 46.7. The molecule has 0 unspecified atom stereocenters. The largest absolute Gasteiger partial charge is 0.310 e. The van der Waals surface area contributed by atoms with Crippen LogP contribution in [0.1, 0.15) is 0 Å². The van der Waals surface area contributed by atoms with E-state index in [0.717, 1.165) is 39.2 Å². The number of hydrogen-bond acceptors (Lipinski definition) is 3. The monoisotopic (exact) mass is 488 g/mol. The summed E-state index contributed by atoms with van der Waals surface area (Å²) in [5, 5.41) is 2.36. The molecule has 0 saturated carbocycles. The molecule has 2 aromatic heterocycles. The molecule has 38 heavy (non-hydrogen) atoms. The van der Waals surface area contributed by atoms with Crippen molar-refractivity contribution in [2.24, 2.45) is 0 Å². The minimum Gasteiger partial charge on any atom is -0.310 e. The van der Waals surface area contributed by atoms with Crippen LogP contribution < -0.4 is 4.90 Å². The maximum absolute atomic E-state index is 4.54. The van der Waals surface area contributed by atoms with Crippen molar-refractivity contribution in [3.05, 3.63) is 146 Å². The fourth-order valence-corrected chi connectivity index (χ4v) is 5.20. The molecular formula is C34H24N4. The topological polar surface area (TPSA) is 34.0 Å². The SMILES string of the molecule is c1ccc(N(c2ccccc2)c2cccc(-c3ccc4c(c3)c3ccccc3n4-c3ncccn3)c2)cc1. The first-order valence-corrected chi connectivity index (χ1v) is 12.7. The van der Waals surface area contributed by atoms with E-state index < -0.39 is 0 Å². The van der Waals surface area contributed by atoms with Crippen molar-refractivity contribution >= 4 is 38.9 Å². The third-order valence-electron chi connectivity index (χ3n) is 6.89. The highest BCUT2D eigenvalue weighted by Gasteiger charge is 2.16. The Labute approximate surface area is 221 Å². The van der Waals surface area contributed by atoms with Crippen LogP contribution in [-0.4, -0.2) is 14.5 Å². The van der Waals surface area contributed by atoms with Gasteiger partial charge in [0.15, 0.2) is 0 Å². The molecular weight excluding hydrogens is 464 g/mol. The average Bonchev–Trinajstić information content (AvgIpc) is 3.33. The first-order chi connectivity index (χ1) is 18.9. The smallest absolute Gasteiger partial charge is 0.234 e. The number of anilines is 3. The Kier molecular flexibility index (Phi) is 5.41. The lowest BCUT2D eigenvalue weighted by Gasteiger charge is -2.25. The highest BCUT2D eigenvalue weighted by Crippen LogP contribution is 2.38. The molecule has 4 heteroatoms. The number of nitrogens with zero attached hydrogens (tertiary/aromatic N) is 4. The van der Waals surface area contributed by atoms with Gasteiger partial charge in [-0.1, -0.05) is 72.8 Å². The van der Waals surface area contributed by atoms with E-state index in [0.29, 0.717) is 5.95 Å². The maximum Gasteiger partial charge on any atom is 0.234 e. The summed E-state index contributed by atoms with van der Waals surface area (Å²) in [5.41, 5.74) is 7.87. The zero-order valence-electron chi connectivity index (χ0n) is 20.6. The highest BCUT2D eigenvalue weighted by atomic mass is 15.2. The molecule has 0 fully saturated rings. The van der Waals surface area contributed by atoms with Gasteiger partial charge in [0.2, 0.25) is 5.95 Å². The van der Waals surface area contributed by atoms with E-state index in [1.165, 1.54) is 10.8 Å². The van der Waals surface area contributed by atoms with E-state index in [4.69, 9.17) is 0 Å². The van der Waals surface area contributed by atoms with Crippen molar-refractivity contribution in [3.8, 4) is 17.1 Å². The molecule has 0 spiro atoms. The molecule has 0 saturated heterocycles. The van der Waals surface area contributed by atoms with Crippen molar-refractivity contribution in [2.75, 3.05) is 4.90 Å². The second kappa shape index (κ2) is 9.34. The summed E-state index contributed by atoms with van der Waals surface area (Å²) in [7, 11) is 0. The van der Waals surface area contributed by atoms with E-state index in [-0.39, 0.29) is 0 Å². The van der Waals surface area contributed by atoms with Crippen LogP contribution >= 0.6 is 0 Å². The van der Waals surface area contributed by atoms with Gasteiger partial charge in [-0.2, -0.15) is 0 Å². The Morgan fingerprint density at radius 1 is 0.447 bits per heavy atom. The maximum atomic E-state index is 4.54.